The Morgan fingerprint density at radius 2 is 2.17 bits per heavy atom. The molecule has 1 atom stereocenters. The Morgan fingerprint density at radius 1 is 1.56 bits per heavy atom. The van der Waals surface area contributed by atoms with Crippen LogP contribution in [-0.4, -0.2) is 34.0 Å². The molecule has 0 aliphatic rings. The first-order valence-corrected chi connectivity index (χ1v) is 5.69. The fraction of sp³-hybridized carbons (Fsp3) is 0.600. The van der Waals surface area contributed by atoms with Crippen LogP contribution in [0, 0.1) is 0 Å². The van der Waals surface area contributed by atoms with Gasteiger partial charge in [0.1, 0.15) is 11.1 Å². The second-order valence-corrected chi connectivity index (χ2v) is 4.38. The van der Waals surface area contributed by atoms with Crippen molar-refractivity contribution in [2.45, 2.75) is 32.4 Å². The van der Waals surface area contributed by atoms with Crippen molar-refractivity contribution in [3.05, 3.63) is 21.6 Å². The molecular weight excluding hydrogens is 268 g/mol. The molecular formula is C10H14ClF2N3O2. The SMILES string of the molecule is CC(C)n1ncc(NCC(O)C(F)F)c(Cl)c1=O. The zero-order valence-electron chi connectivity index (χ0n) is 9.90. The predicted molar refractivity (Wildman–Crippen MR) is 64.4 cm³/mol. The summed E-state index contributed by atoms with van der Waals surface area (Å²) in [5, 5.41) is 15.1. The van der Waals surface area contributed by atoms with Crippen LogP contribution in [-0.2, 0) is 0 Å². The van der Waals surface area contributed by atoms with Crippen molar-refractivity contribution in [2.75, 3.05) is 11.9 Å². The summed E-state index contributed by atoms with van der Waals surface area (Å²) < 4.78 is 25.3. The van der Waals surface area contributed by atoms with E-state index in [4.69, 9.17) is 16.7 Å². The molecule has 18 heavy (non-hydrogen) atoms. The highest BCUT2D eigenvalue weighted by atomic mass is 35.5. The molecule has 1 aromatic heterocycles. The normalized spacial score (nSPS) is 13.1. The summed E-state index contributed by atoms with van der Waals surface area (Å²) in [7, 11) is 0. The molecule has 0 saturated heterocycles. The third-order valence-electron chi connectivity index (χ3n) is 2.23. The van der Waals surface area contributed by atoms with Crippen LogP contribution in [0.25, 0.3) is 0 Å². The summed E-state index contributed by atoms with van der Waals surface area (Å²) in [5.74, 6) is 0. The van der Waals surface area contributed by atoms with Gasteiger partial charge in [0, 0.05) is 6.54 Å². The van der Waals surface area contributed by atoms with Gasteiger partial charge in [-0.3, -0.25) is 4.79 Å². The van der Waals surface area contributed by atoms with E-state index in [1.54, 1.807) is 13.8 Å². The van der Waals surface area contributed by atoms with Crippen molar-refractivity contribution in [1.29, 1.82) is 0 Å². The van der Waals surface area contributed by atoms with Crippen LogP contribution in [0.2, 0.25) is 5.02 Å². The van der Waals surface area contributed by atoms with E-state index < -0.39 is 24.6 Å². The summed E-state index contributed by atoms with van der Waals surface area (Å²) in [6, 6.07) is -0.157. The third-order valence-corrected chi connectivity index (χ3v) is 2.59. The lowest BCUT2D eigenvalue weighted by atomic mass is 10.3. The Balaban J connectivity index is 2.86. The van der Waals surface area contributed by atoms with Gasteiger partial charge in [0.15, 0.2) is 0 Å². The van der Waals surface area contributed by atoms with Gasteiger partial charge in [-0.1, -0.05) is 11.6 Å². The molecule has 1 unspecified atom stereocenters. The van der Waals surface area contributed by atoms with Gasteiger partial charge >= 0.3 is 0 Å². The number of aliphatic hydroxyl groups excluding tert-OH is 1. The summed E-state index contributed by atoms with van der Waals surface area (Å²) in [6.45, 7) is 3.11. The van der Waals surface area contributed by atoms with E-state index >= 15 is 0 Å². The lowest BCUT2D eigenvalue weighted by Gasteiger charge is -2.14. The zero-order valence-corrected chi connectivity index (χ0v) is 10.7. The number of aliphatic hydroxyl groups is 1. The van der Waals surface area contributed by atoms with Gasteiger partial charge in [0.05, 0.1) is 17.9 Å². The number of anilines is 1. The summed E-state index contributed by atoms with van der Waals surface area (Å²) in [5.41, 5.74) is -0.388. The third kappa shape index (κ3) is 3.39. The molecule has 0 aliphatic heterocycles. The average Bonchev–Trinajstić information content (AvgIpc) is 2.30. The zero-order chi connectivity index (χ0) is 13.9. The first-order chi connectivity index (χ1) is 8.34. The maximum absolute atomic E-state index is 12.1. The van der Waals surface area contributed by atoms with Crippen molar-refractivity contribution < 1.29 is 13.9 Å². The van der Waals surface area contributed by atoms with Crippen LogP contribution in [0.3, 0.4) is 0 Å². The molecule has 0 spiro atoms. The van der Waals surface area contributed by atoms with Crippen molar-refractivity contribution in [1.82, 2.24) is 9.78 Å². The minimum absolute atomic E-state index is 0.123. The number of hydrogen-bond donors (Lipinski definition) is 2. The minimum Gasteiger partial charge on any atom is -0.385 e. The molecule has 0 bridgehead atoms. The molecule has 0 aromatic carbocycles. The predicted octanol–water partition coefficient (Wildman–Crippen LogP) is 1.52. The summed E-state index contributed by atoms with van der Waals surface area (Å²) in [6.07, 6.45) is -3.42. The minimum atomic E-state index is -2.86. The standard InChI is InChI=1S/C10H14ClF2N3O2/c1-5(2)16-10(18)8(11)6(3-15-16)14-4-7(17)9(12)13/h3,5,7,9,14,17H,4H2,1-2H3. The number of rotatable bonds is 5. The van der Waals surface area contributed by atoms with Crippen LogP contribution >= 0.6 is 11.6 Å². The average molecular weight is 282 g/mol. The number of nitrogens with zero attached hydrogens (tertiary/aromatic N) is 2. The van der Waals surface area contributed by atoms with Gasteiger partial charge in [0.2, 0.25) is 0 Å². The Bertz CT molecular complexity index is 465. The van der Waals surface area contributed by atoms with Crippen molar-refractivity contribution >= 4 is 17.3 Å². The van der Waals surface area contributed by atoms with E-state index in [9.17, 15) is 13.6 Å². The number of halogens is 3. The lowest BCUT2D eigenvalue weighted by molar-refractivity contribution is 0.00384. The monoisotopic (exact) mass is 281 g/mol. The molecule has 2 N–H and O–H groups in total. The molecule has 102 valence electrons. The topological polar surface area (TPSA) is 67.2 Å². The Kier molecular flexibility index (Phi) is 5.03. The first kappa shape index (κ1) is 14.8. The highest BCUT2D eigenvalue weighted by Crippen LogP contribution is 2.16. The Labute approximate surface area is 107 Å². The quantitative estimate of drug-likeness (QED) is 0.859. The molecule has 1 heterocycles. The van der Waals surface area contributed by atoms with Gasteiger partial charge in [0.25, 0.3) is 12.0 Å². The molecule has 0 amide bonds. The van der Waals surface area contributed by atoms with Crippen LogP contribution < -0.4 is 10.9 Å². The van der Waals surface area contributed by atoms with E-state index in [2.05, 4.69) is 10.4 Å². The number of hydrogen-bond acceptors (Lipinski definition) is 4. The van der Waals surface area contributed by atoms with E-state index in [0.29, 0.717) is 0 Å². The Hall–Kier alpha value is -1.21. The Morgan fingerprint density at radius 3 is 2.67 bits per heavy atom. The molecule has 0 aliphatic carbocycles. The fourth-order valence-electron chi connectivity index (χ4n) is 1.24. The highest BCUT2D eigenvalue weighted by molar-refractivity contribution is 6.32. The number of alkyl halides is 2. The number of aromatic nitrogens is 2. The van der Waals surface area contributed by atoms with Crippen molar-refractivity contribution in [3.63, 3.8) is 0 Å². The molecule has 1 aromatic rings. The van der Waals surface area contributed by atoms with Crippen LogP contribution in [0.15, 0.2) is 11.0 Å². The maximum atomic E-state index is 12.1. The maximum Gasteiger partial charge on any atom is 0.287 e. The van der Waals surface area contributed by atoms with Crippen molar-refractivity contribution in [2.24, 2.45) is 0 Å². The van der Waals surface area contributed by atoms with Gasteiger partial charge < -0.3 is 10.4 Å². The highest BCUT2D eigenvalue weighted by Gasteiger charge is 2.18. The van der Waals surface area contributed by atoms with E-state index in [0.717, 1.165) is 0 Å². The van der Waals surface area contributed by atoms with Gasteiger partial charge in [-0.25, -0.2) is 13.5 Å². The second-order valence-electron chi connectivity index (χ2n) is 4.00. The van der Waals surface area contributed by atoms with Crippen LogP contribution in [0.1, 0.15) is 19.9 Å². The second kappa shape index (κ2) is 6.10. The molecule has 0 radical (unpaired) electrons. The smallest absolute Gasteiger partial charge is 0.287 e. The van der Waals surface area contributed by atoms with E-state index in [1.165, 1.54) is 10.9 Å². The molecule has 0 saturated carbocycles. The summed E-state index contributed by atoms with van der Waals surface area (Å²) in [4.78, 5) is 11.7. The fourth-order valence-corrected chi connectivity index (χ4v) is 1.44. The van der Waals surface area contributed by atoms with Crippen LogP contribution in [0.5, 0.6) is 0 Å². The van der Waals surface area contributed by atoms with Gasteiger partial charge in [-0.2, -0.15) is 5.10 Å². The molecule has 5 nitrogen and oxygen atoms in total. The van der Waals surface area contributed by atoms with E-state index in [-0.39, 0.29) is 16.8 Å². The first-order valence-electron chi connectivity index (χ1n) is 5.32. The van der Waals surface area contributed by atoms with Gasteiger partial charge in [-0.15, -0.1) is 0 Å². The van der Waals surface area contributed by atoms with Crippen LogP contribution in [0.4, 0.5) is 14.5 Å². The molecule has 1 rings (SSSR count). The summed E-state index contributed by atoms with van der Waals surface area (Å²) >= 11 is 5.80. The van der Waals surface area contributed by atoms with E-state index in [1.807, 2.05) is 0 Å². The van der Waals surface area contributed by atoms with Crippen molar-refractivity contribution in [3.8, 4) is 0 Å². The molecule has 8 heteroatoms. The number of nitrogens with one attached hydrogen (secondary N) is 1. The largest absolute Gasteiger partial charge is 0.385 e. The van der Waals surface area contributed by atoms with Gasteiger partial charge in [-0.05, 0) is 13.8 Å². The molecule has 0 fully saturated rings. The lowest BCUT2D eigenvalue weighted by Crippen LogP contribution is -2.29.